The summed E-state index contributed by atoms with van der Waals surface area (Å²) in [6.45, 7) is 4.47. The molecule has 11 rings (SSSR count). The van der Waals surface area contributed by atoms with E-state index in [4.69, 9.17) is 13.8 Å². The lowest BCUT2D eigenvalue weighted by Crippen LogP contribution is -2.18. The lowest BCUT2D eigenvalue weighted by molar-refractivity contribution is 0.627. The van der Waals surface area contributed by atoms with Crippen LogP contribution in [0.5, 0.6) is 0 Å². The first-order valence-corrected chi connectivity index (χ1v) is 21.5. The van der Waals surface area contributed by atoms with Gasteiger partial charge in [0, 0.05) is 56.3 Å². The van der Waals surface area contributed by atoms with Crippen molar-refractivity contribution in [2.45, 2.75) is 26.7 Å². The van der Waals surface area contributed by atoms with Crippen molar-refractivity contribution in [1.29, 1.82) is 0 Å². The molecule has 290 valence electrons. The molecular formula is C54H41N3O2S. The molecule has 0 radical (unpaired) electrons. The van der Waals surface area contributed by atoms with Gasteiger partial charge >= 0.3 is 0 Å². The van der Waals surface area contributed by atoms with Gasteiger partial charge in [-0.1, -0.05) is 117 Å². The Hall–Kier alpha value is -7.15. The van der Waals surface area contributed by atoms with E-state index in [9.17, 15) is 0 Å². The third-order valence-corrected chi connectivity index (χ3v) is 12.7. The van der Waals surface area contributed by atoms with E-state index in [0.29, 0.717) is 5.92 Å². The largest absolute Gasteiger partial charge is 0.456 e. The predicted molar refractivity (Wildman–Crippen MR) is 251 cm³/mol. The number of thiazole rings is 1. The first kappa shape index (κ1) is 36.0. The van der Waals surface area contributed by atoms with E-state index in [1.54, 1.807) is 11.3 Å². The lowest BCUT2D eigenvalue weighted by atomic mass is 9.98. The summed E-state index contributed by atoms with van der Waals surface area (Å²) in [6, 6.07) is 57.7. The highest BCUT2D eigenvalue weighted by molar-refractivity contribution is 7.21. The zero-order valence-electron chi connectivity index (χ0n) is 33.4. The topological polar surface area (TPSA) is 45.7 Å². The number of hydrogen-bond donors (Lipinski definition) is 0. The highest BCUT2D eigenvalue weighted by Crippen LogP contribution is 2.48. The second kappa shape index (κ2) is 14.9. The van der Waals surface area contributed by atoms with E-state index < -0.39 is 0 Å². The van der Waals surface area contributed by atoms with Crippen LogP contribution in [0.3, 0.4) is 0 Å². The van der Waals surface area contributed by atoms with E-state index in [-0.39, 0.29) is 0 Å². The molecule has 6 heteroatoms. The lowest BCUT2D eigenvalue weighted by Gasteiger charge is -2.31. The van der Waals surface area contributed by atoms with Crippen LogP contribution in [0, 0.1) is 5.92 Å². The van der Waals surface area contributed by atoms with Gasteiger partial charge in [0.05, 0.1) is 27.0 Å². The van der Waals surface area contributed by atoms with Gasteiger partial charge in [0.1, 0.15) is 27.5 Å². The van der Waals surface area contributed by atoms with Crippen molar-refractivity contribution < 1.29 is 8.83 Å². The summed E-state index contributed by atoms with van der Waals surface area (Å²) in [7, 11) is 0. The maximum atomic E-state index is 6.82. The summed E-state index contributed by atoms with van der Waals surface area (Å²) < 4.78 is 14.6. The molecule has 3 aromatic heterocycles. The quantitative estimate of drug-likeness (QED) is 0.146. The molecule has 1 aliphatic rings. The first-order valence-electron chi connectivity index (χ1n) is 20.7. The molecule has 60 heavy (non-hydrogen) atoms. The second-order valence-corrected chi connectivity index (χ2v) is 16.5. The van der Waals surface area contributed by atoms with Crippen LogP contribution < -0.4 is 9.80 Å². The van der Waals surface area contributed by atoms with Crippen molar-refractivity contribution >= 4 is 82.9 Å². The van der Waals surface area contributed by atoms with Crippen LogP contribution in [-0.2, 0) is 6.42 Å². The van der Waals surface area contributed by atoms with Crippen LogP contribution in [0.2, 0.25) is 0 Å². The molecule has 5 nitrogen and oxygen atoms in total. The van der Waals surface area contributed by atoms with E-state index in [1.165, 1.54) is 10.3 Å². The Kier molecular flexibility index (Phi) is 8.93. The summed E-state index contributed by atoms with van der Waals surface area (Å²) >= 11 is 1.72. The van der Waals surface area contributed by atoms with Gasteiger partial charge in [-0.05, 0) is 91.6 Å². The zero-order valence-corrected chi connectivity index (χ0v) is 34.2. The number of rotatable bonds is 9. The molecule has 0 fully saturated rings. The molecule has 3 heterocycles. The Balaban J connectivity index is 1.15. The minimum absolute atomic E-state index is 0.446. The van der Waals surface area contributed by atoms with Crippen molar-refractivity contribution in [1.82, 2.24) is 4.98 Å². The van der Waals surface area contributed by atoms with Gasteiger partial charge in [-0.15, -0.1) is 11.3 Å². The fourth-order valence-corrected chi connectivity index (χ4v) is 9.66. The predicted octanol–water partition coefficient (Wildman–Crippen LogP) is 15.9. The maximum absolute atomic E-state index is 6.82. The zero-order chi connectivity index (χ0) is 40.2. The average molecular weight is 796 g/mol. The third kappa shape index (κ3) is 6.28. The molecule has 0 spiro atoms. The highest BCUT2D eigenvalue weighted by Gasteiger charge is 2.26. The molecular weight excluding hydrogens is 755 g/mol. The summed E-state index contributed by atoms with van der Waals surface area (Å²) in [6.07, 6.45) is 8.77. The van der Waals surface area contributed by atoms with Gasteiger partial charge in [0.15, 0.2) is 0 Å². The van der Waals surface area contributed by atoms with Gasteiger partial charge in [0.25, 0.3) is 0 Å². The van der Waals surface area contributed by atoms with Gasteiger partial charge in [0.2, 0.25) is 0 Å². The number of anilines is 5. The van der Waals surface area contributed by atoms with Crippen LogP contribution in [0.4, 0.5) is 28.4 Å². The number of nitrogens with zero attached hydrogens (tertiary/aromatic N) is 3. The number of benzene rings is 7. The Morgan fingerprint density at radius 3 is 2.08 bits per heavy atom. The van der Waals surface area contributed by atoms with Crippen LogP contribution in [-0.4, -0.2) is 4.98 Å². The standard InChI is InChI=1S/C54H41N3O2S/c1-3-43-44-21-7-10-24-48(44)59-53(43)36-15-13-20-41(31-36)57(39-29-27-35(2)28-30-39)47-33-42(34-50-52(47)45-22-8-11-25-49(45)58-50)56(38-17-5-4-6-18-38)40-19-14-16-37(32-40)54-55-46-23-9-12-26-51(46)60-54/h4-27,29-35H,3,28H2,1-2H3. The number of furan rings is 2. The van der Waals surface area contributed by atoms with Crippen LogP contribution >= 0.6 is 11.3 Å². The second-order valence-electron chi connectivity index (χ2n) is 15.5. The fraction of sp³-hybridized carbons (Fsp3) is 0.0926. The number of allylic oxidation sites excluding steroid dienone is 3. The Morgan fingerprint density at radius 1 is 0.617 bits per heavy atom. The van der Waals surface area contributed by atoms with Gasteiger partial charge < -0.3 is 18.6 Å². The number of fused-ring (bicyclic) bond motifs is 5. The van der Waals surface area contributed by atoms with E-state index in [1.807, 2.05) is 18.2 Å². The van der Waals surface area contributed by atoms with E-state index >= 15 is 0 Å². The minimum Gasteiger partial charge on any atom is -0.456 e. The van der Waals surface area contributed by atoms with Crippen molar-refractivity contribution in [3.63, 3.8) is 0 Å². The van der Waals surface area contributed by atoms with Crippen LogP contribution in [0.1, 0.15) is 25.8 Å². The Morgan fingerprint density at radius 2 is 1.30 bits per heavy atom. The van der Waals surface area contributed by atoms with Crippen LogP contribution in [0.25, 0.3) is 65.0 Å². The van der Waals surface area contributed by atoms with Crippen molar-refractivity contribution in [2.24, 2.45) is 5.92 Å². The minimum atomic E-state index is 0.446. The summed E-state index contributed by atoms with van der Waals surface area (Å²) in [5.74, 6) is 1.36. The van der Waals surface area contributed by atoms with Crippen molar-refractivity contribution in [2.75, 3.05) is 9.80 Å². The van der Waals surface area contributed by atoms with Crippen LogP contribution in [0.15, 0.2) is 197 Å². The average Bonchev–Trinajstić information content (AvgIpc) is 4.01. The molecule has 1 unspecified atom stereocenters. The van der Waals surface area contributed by atoms with Gasteiger partial charge in [-0.2, -0.15) is 0 Å². The van der Waals surface area contributed by atoms with Gasteiger partial charge in [-0.3, -0.25) is 0 Å². The number of aromatic nitrogens is 1. The summed E-state index contributed by atoms with van der Waals surface area (Å²) in [4.78, 5) is 9.77. The maximum Gasteiger partial charge on any atom is 0.139 e. The molecule has 0 saturated carbocycles. The molecule has 1 atom stereocenters. The number of para-hydroxylation sites is 4. The summed E-state index contributed by atoms with van der Waals surface area (Å²) in [5.41, 5.74) is 13.1. The molecule has 0 N–H and O–H groups in total. The monoisotopic (exact) mass is 795 g/mol. The first-order chi connectivity index (χ1) is 29.6. The number of aryl methyl sites for hydroxylation is 1. The van der Waals surface area contributed by atoms with E-state index in [2.05, 4.69) is 187 Å². The Labute approximate surface area is 352 Å². The third-order valence-electron chi connectivity index (χ3n) is 11.6. The van der Waals surface area contributed by atoms with Crippen molar-refractivity contribution in [3.8, 4) is 21.9 Å². The molecule has 0 amide bonds. The highest BCUT2D eigenvalue weighted by atomic mass is 32.1. The molecule has 10 aromatic rings. The normalized spacial score (nSPS) is 14.0. The smallest absolute Gasteiger partial charge is 0.139 e. The van der Waals surface area contributed by atoms with Gasteiger partial charge in [-0.25, -0.2) is 4.98 Å². The molecule has 0 saturated heterocycles. The SMILES string of the molecule is CCc1c(-c2cccc(N(C3=CCC(C)C=C3)c3cc(N(c4ccccc4)c4cccc(-c5nc6ccccc6s5)c4)cc4oc5ccccc5c34)c2)oc2ccccc12. The molecule has 7 aromatic carbocycles. The molecule has 1 aliphatic carbocycles. The van der Waals surface area contributed by atoms with E-state index in [0.717, 1.165) is 107 Å². The summed E-state index contributed by atoms with van der Waals surface area (Å²) in [5, 5.41) is 4.28. The van der Waals surface area contributed by atoms with Crippen molar-refractivity contribution in [3.05, 3.63) is 193 Å². The fourth-order valence-electron chi connectivity index (χ4n) is 8.70. The number of hydrogen-bond acceptors (Lipinski definition) is 6. The molecule has 0 bridgehead atoms. The molecule has 0 aliphatic heterocycles. The Bertz CT molecular complexity index is 3250.